The summed E-state index contributed by atoms with van der Waals surface area (Å²) in [4.78, 5) is 32.3. The van der Waals surface area contributed by atoms with E-state index in [1.165, 1.54) is 22.7 Å². The third kappa shape index (κ3) is 8.60. The number of nitrogens with zero attached hydrogens (tertiary/aromatic N) is 4. The highest BCUT2D eigenvalue weighted by Gasteiger charge is 2.51. The van der Waals surface area contributed by atoms with Crippen LogP contribution in [0.2, 0.25) is 18.1 Å². The van der Waals surface area contributed by atoms with Gasteiger partial charge in [-0.05, 0) is 122 Å². The second kappa shape index (κ2) is 16.6. The number of rotatable bonds is 15. The topological polar surface area (TPSA) is 155 Å². The van der Waals surface area contributed by atoms with Crippen LogP contribution < -0.4 is 14.6 Å². The number of aliphatic hydroxyl groups is 2. The van der Waals surface area contributed by atoms with Crippen molar-refractivity contribution >= 4 is 69.5 Å². The van der Waals surface area contributed by atoms with Crippen molar-refractivity contribution in [3.8, 4) is 5.75 Å². The minimum absolute atomic E-state index is 0.00509. The van der Waals surface area contributed by atoms with Gasteiger partial charge in [-0.2, -0.15) is 0 Å². The van der Waals surface area contributed by atoms with E-state index in [2.05, 4.69) is 71.5 Å². The number of benzene rings is 2. The van der Waals surface area contributed by atoms with Crippen LogP contribution in [-0.4, -0.2) is 81.7 Å². The third-order valence-electron chi connectivity index (χ3n) is 12.8. The molecular formula is C43H54N6O6S3Si. The molecule has 0 amide bonds. The maximum atomic E-state index is 13.4. The van der Waals surface area contributed by atoms with E-state index in [1.807, 2.05) is 45.8 Å². The molecule has 0 unspecified atom stereocenters. The summed E-state index contributed by atoms with van der Waals surface area (Å²) in [5.41, 5.74) is 2.68. The fourth-order valence-electron chi connectivity index (χ4n) is 8.18. The van der Waals surface area contributed by atoms with Crippen LogP contribution in [0.1, 0.15) is 79.9 Å². The van der Waals surface area contributed by atoms with Crippen LogP contribution in [0, 0.1) is 5.41 Å². The van der Waals surface area contributed by atoms with Gasteiger partial charge in [0.15, 0.2) is 0 Å². The van der Waals surface area contributed by atoms with Crippen molar-refractivity contribution in [1.29, 1.82) is 0 Å². The number of thiazole rings is 1. The Balaban J connectivity index is 0.780. The van der Waals surface area contributed by atoms with Gasteiger partial charge in [-0.25, -0.2) is 9.48 Å². The maximum Gasteiger partial charge on any atom is 0.349 e. The number of aromatic nitrogens is 4. The molecule has 12 nitrogen and oxygen atoms in total. The molecule has 2 aliphatic rings. The van der Waals surface area contributed by atoms with E-state index < -0.39 is 26.0 Å². The largest absolute Gasteiger partial charge is 0.542 e. The molecule has 2 aromatic carbocycles. The highest BCUT2D eigenvalue weighted by atomic mass is 32.1. The molecule has 8 rings (SSSR count). The zero-order chi connectivity index (χ0) is 41.6. The predicted molar refractivity (Wildman–Crippen MR) is 238 cm³/mol. The van der Waals surface area contributed by atoms with Crippen LogP contribution in [0.25, 0.3) is 21.3 Å². The van der Waals surface area contributed by atoms with Gasteiger partial charge in [0.25, 0.3) is 8.32 Å². The molecule has 1 aliphatic heterocycles. The Morgan fingerprint density at radius 1 is 1.05 bits per heavy atom. The highest BCUT2D eigenvalue weighted by Crippen LogP contribution is 2.51. The summed E-state index contributed by atoms with van der Waals surface area (Å²) in [6.07, 6.45) is 3.86. The summed E-state index contributed by atoms with van der Waals surface area (Å²) in [6.45, 7) is 15.6. The summed E-state index contributed by atoms with van der Waals surface area (Å²) >= 11 is 3.83. The number of carbonyl (C=O) groups is 1. The van der Waals surface area contributed by atoms with E-state index in [-0.39, 0.29) is 21.4 Å². The lowest BCUT2D eigenvalue weighted by Gasteiger charge is -2.51. The van der Waals surface area contributed by atoms with Gasteiger partial charge in [0, 0.05) is 25.2 Å². The smallest absolute Gasteiger partial charge is 0.349 e. The second-order valence-corrected chi connectivity index (χ2v) is 25.4. The Morgan fingerprint density at radius 3 is 2.42 bits per heavy atom. The summed E-state index contributed by atoms with van der Waals surface area (Å²) in [7, 11) is -2.13. The molecule has 1 saturated heterocycles. The van der Waals surface area contributed by atoms with Gasteiger partial charge in [-0.3, -0.25) is 4.79 Å². The number of thiophene rings is 2. The van der Waals surface area contributed by atoms with Crippen molar-refractivity contribution in [3.05, 3.63) is 95.9 Å². The molecular weight excluding hydrogens is 821 g/mol. The molecule has 1 spiro atoms. The maximum absolute atomic E-state index is 13.4. The van der Waals surface area contributed by atoms with E-state index >= 15 is 0 Å². The zero-order valence-electron chi connectivity index (χ0n) is 34.3. The van der Waals surface area contributed by atoms with Gasteiger partial charge < -0.3 is 34.6 Å². The van der Waals surface area contributed by atoms with Crippen LogP contribution in [0.5, 0.6) is 5.75 Å². The van der Waals surface area contributed by atoms with Crippen LogP contribution in [0.4, 0.5) is 0 Å². The SMILES string of the molecule is CC(C)(C)[Si](C)(C)Oc1ccc([C@@H](O)CNCc2ccc3c(c2)nnn3CCCN2CCC3(CC2)CC(OC(=O)C(O)(c2cccs2)c2cccs2)C3)c2sc(=O)[nH]c12. The van der Waals surface area contributed by atoms with Crippen molar-refractivity contribution in [1.82, 2.24) is 30.2 Å². The molecule has 1 saturated carbocycles. The Hall–Kier alpha value is -3.74. The van der Waals surface area contributed by atoms with Gasteiger partial charge in [-0.1, -0.05) is 61.6 Å². The van der Waals surface area contributed by atoms with Crippen LogP contribution in [0.3, 0.4) is 0 Å². The van der Waals surface area contributed by atoms with Crippen molar-refractivity contribution in [2.45, 2.75) is 102 Å². The lowest BCUT2D eigenvalue weighted by molar-refractivity contribution is -0.181. The lowest BCUT2D eigenvalue weighted by atomic mass is 9.61. The molecule has 314 valence electrons. The van der Waals surface area contributed by atoms with E-state index in [4.69, 9.17) is 9.16 Å². The molecule has 16 heteroatoms. The standard InChI is InChI=1S/C43H54N6O6S3Si/c1-41(2,3)59(4,5)55-34-14-12-30(38-37(34)45-40(52)58-38)33(50)27-44-26-28-11-13-32-31(23-28)46-47-49(32)18-8-17-48-19-15-42(16-20-48)24-29(25-42)54-39(51)43(53,35-9-6-21-56-35)36-10-7-22-57-36/h6-7,9-14,21-23,29,33,44,50,53H,8,15-20,24-27H2,1-5H3,(H,45,52)/t33-/m0/s1. The first kappa shape index (κ1) is 42.0. The molecule has 4 aromatic heterocycles. The zero-order valence-corrected chi connectivity index (χ0v) is 37.8. The number of H-pyrrole nitrogens is 1. The predicted octanol–water partition coefficient (Wildman–Crippen LogP) is 7.78. The number of esters is 1. The number of aryl methyl sites for hydroxylation is 1. The molecule has 59 heavy (non-hydrogen) atoms. The van der Waals surface area contributed by atoms with Crippen LogP contribution >= 0.6 is 34.0 Å². The monoisotopic (exact) mass is 874 g/mol. The fourth-order valence-corrected chi connectivity index (χ4v) is 11.8. The highest BCUT2D eigenvalue weighted by molar-refractivity contribution is 7.16. The van der Waals surface area contributed by atoms with Crippen molar-refractivity contribution < 1.29 is 24.2 Å². The van der Waals surface area contributed by atoms with E-state index in [9.17, 15) is 19.8 Å². The molecule has 5 heterocycles. The first-order valence-corrected chi connectivity index (χ1v) is 25.9. The summed E-state index contributed by atoms with van der Waals surface area (Å²) in [6, 6.07) is 17.2. The molecule has 6 aromatic rings. The van der Waals surface area contributed by atoms with Crippen molar-refractivity contribution in [3.63, 3.8) is 0 Å². The van der Waals surface area contributed by atoms with Gasteiger partial charge in [-0.15, -0.1) is 27.8 Å². The van der Waals surface area contributed by atoms with Crippen LogP contribution in [-0.2, 0) is 28.2 Å². The Bertz CT molecular complexity index is 2400. The number of nitrogens with one attached hydrogen (secondary N) is 2. The minimum atomic E-state index is -2.13. The molecule has 1 aliphatic carbocycles. The van der Waals surface area contributed by atoms with E-state index in [1.54, 1.807) is 12.1 Å². The first-order valence-electron chi connectivity index (χ1n) is 20.4. The van der Waals surface area contributed by atoms with Crippen LogP contribution in [0.15, 0.2) is 70.2 Å². The lowest BCUT2D eigenvalue weighted by Crippen LogP contribution is -2.52. The fraction of sp³-hybridized carbons (Fsp3) is 0.488. The average Bonchev–Trinajstić information content (AvgIpc) is 4.02. The Labute approximate surface area is 357 Å². The van der Waals surface area contributed by atoms with E-state index in [0.717, 1.165) is 90.9 Å². The number of ether oxygens (including phenoxy) is 1. The molecule has 1 atom stereocenters. The number of carbonyl (C=O) groups excluding carboxylic acids is 1. The molecule has 4 N–H and O–H groups in total. The number of hydrogen-bond acceptors (Lipinski definition) is 13. The number of aliphatic hydroxyl groups excluding tert-OH is 1. The average molecular weight is 875 g/mol. The number of fused-ring (bicyclic) bond motifs is 2. The van der Waals surface area contributed by atoms with Gasteiger partial charge in [0.05, 0.1) is 26.1 Å². The van der Waals surface area contributed by atoms with Gasteiger partial charge in [0.1, 0.15) is 22.9 Å². The number of hydrogen-bond donors (Lipinski definition) is 4. The quantitative estimate of drug-likeness (QED) is 0.0594. The first-order chi connectivity index (χ1) is 28.1. The molecule has 0 radical (unpaired) electrons. The molecule has 0 bridgehead atoms. The number of likely N-dealkylation sites (tertiary alicyclic amines) is 1. The number of piperidine rings is 1. The normalized spacial score (nSPS) is 17.1. The van der Waals surface area contributed by atoms with Crippen molar-refractivity contribution in [2.75, 3.05) is 26.2 Å². The third-order valence-corrected chi connectivity index (χ3v) is 20.0. The number of aromatic amines is 1. The van der Waals surface area contributed by atoms with Crippen molar-refractivity contribution in [2.24, 2.45) is 5.41 Å². The Morgan fingerprint density at radius 2 is 1.76 bits per heavy atom. The molecule has 2 fully saturated rings. The van der Waals surface area contributed by atoms with Gasteiger partial charge >= 0.3 is 10.8 Å². The van der Waals surface area contributed by atoms with Gasteiger partial charge in [0.2, 0.25) is 5.60 Å². The summed E-state index contributed by atoms with van der Waals surface area (Å²) < 4.78 is 15.2. The Kier molecular flexibility index (Phi) is 11.8. The second-order valence-electron chi connectivity index (χ2n) is 17.8. The summed E-state index contributed by atoms with van der Waals surface area (Å²) in [5.74, 6) is 0.0888. The van der Waals surface area contributed by atoms with E-state index in [0.29, 0.717) is 39.7 Å². The minimum Gasteiger partial charge on any atom is -0.542 e. The summed E-state index contributed by atoms with van der Waals surface area (Å²) in [5, 5.41) is 38.8.